The number of nitrogens with zero attached hydrogens (tertiary/aromatic N) is 1. The van der Waals surface area contributed by atoms with Crippen molar-refractivity contribution in [3.8, 4) is 0 Å². The Labute approximate surface area is 109 Å². The molecule has 0 aliphatic heterocycles. The van der Waals surface area contributed by atoms with Crippen molar-refractivity contribution < 1.29 is 9.90 Å². The number of carboxylic acids is 1. The van der Waals surface area contributed by atoms with Crippen LogP contribution in [0.15, 0.2) is 24.3 Å². The van der Waals surface area contributed by atoms with E-state index in [4.69, 9.17) is 5.11 Å². The maximum absolute atomic E-state index is 10.9. The van der Waals surface area contributed by atoms with Gasteiger partial charge in [0, 0.05) is 6.54 Å². The van der Waals surface area contributed by atoms with Crippen LogP contribution in [0.25, 0.3) is 0 Å². The maximum atomic E-state index is 10.9. The molecular weight excluding hydrogens is 226 g/mol. The van der Waals surface area contributed by atoms with Gasteiger partial charge in [-0.3, -0.25) is 0 Å². The van der Waals surface area contributed by atoms with Gasteiger partial charge in [-0.2, -0.15) is 0 Å². The first kappa shape index (κ1) is 14.7. The van der Waals surface area contributed by atoms with Gasteiger partial charge in [0.1, 0.15) is 0 Å². The number of carbonyl (C=O) groups is 1. The van der Waals surface area contributed by atoms with Crippen molar-refractivity contribution in [1.29, 1.82) is 0 Å². The molecule has 0 amide bonds. The molecule has 1 aromatic carbocycles. The van der Waals surface area contributed by atoms with E-state index >= 15 is 0 Å². The van der Waals surface area contributed by atoms with Gasteiger partial charge in [0.15, 0.2) is 0 Å². The standard InChI is InChI=1S/C15H23NO2/c1-3-9-16(10-4-2)11-8-13-6-5-7-14(12-13)15(17)18/h5-7,12H,3-4,8-11H2,1-2H3,(H,17,18). The van der Waals surface area contributed by atoms with Crippen molar-refractivity contribution in [3.63, 3.8) is 0 Å². The van der Waals surface area contributed by atoms with Crippen molar-refractivity contribution in [3.05, 3.63) is 35.4 Å². The van der Waals surface area contributed by atoms with Crippen LogP contribution in [0, 0.1) is 0 Å². The number of hydrogen-bond donors (Lipinski definition) is 1. The molecule has 18 heavy (non-hydrogen) atoms. The molecule has 0 radical (unpaired) electrons. The number of benzene rings is 1. The molecule has 0 heterocycles. The summed E-state index contributed by atoms with van der Waals surface area (Å²) in [6, 6.07) is 7.24. The summed E-state index contributed by atoms with van der Waals surface area (Å²) in [4.78, 5) is 13.3. The van der Waals surface area contributed by atoms with E-state index < -0.39 is 5.97 Å². The normalized spacial score (nSPS) is 10.8. The molecule has 1 N–H and O–H groups in total. The van der Waals surface area contributed by atoms with E-state index in [1.54, 1.807) is 12.1 Å². The second-order valence-corrected chi connectivity index (χ2v) is 4.60. The highest BCUT2D eigenvalue weighted by atomic mass is 16.4. The first-order valence-corrected chi connectivity index (χ1v) is 6.72. The molecule has 1 aromatic rings. The zero-order chi connectivity index (χ0) is 13.4. The first-order valence-electron chi connectivity index (χ1n) is 6.72. The van der Waals surface area contributed by atoms with Crippen molar-refractivity contribution in [2.75, 3.05) is 19.6 Å². The van der Waals surface area contributed by atoms with Crippen LogP contribution in [0.4, 0.5) is 0 Å². The van der Waals surface area contributed by atoms with E-state index in [2.05, 4.69) is 18.7 Å². The van der Waals surface area contributed by atoms with Crippen LogP contribution in [0.5, 0.6) is 0 Å². The molecule has 0 spiro atoms. The van der Waals surface area contributed by atoms with Gasteiger partial charge >= 0.3 is 5.97 Å². The molecule has 0 aliphatic rings. The fraction of sp³-hybridized carbons (Fsp3) is 0.533. The molecule has 0 saturated carbocycles. The van der Waals surface area contributed by atoms with Crippen LogP contribution in [-0.2, 0) is 6.42 Å². The average molecular weight is 249 g/mol. The van der Waals surface area contributed by atoms with Gasteiger partial charge in [-0.1, -0.05) is 26.0 Å². The van der Waals surface area contributed by atoms with E-state index in [1.807, 2.05) is 12.1 Å². The second-order valence-electron chi connectivity index (χ2n) is 4.60. The lowest BCUT2D eigenvalue weighted by atomic mass is 10.1. The lowest BCUT2D eigenvalue weighted by Crippen LogP contribution is -2.27. The molecule has 0 atom stereocenters. The van der Waals surface area contributed by atoms with Gasteiger partial charge in [0.05, 0.1) is 5.56 Å². The molecule has 0 bridgehead atoms. The maximum Gasteiger partial charge on any atom is 0.335 e. The lowest BCUT2D eigenvalue weighted by molar-refractivity contribution is 0.0696. The van der Waals surface area contributed by atoms with Crippen molar-refractivity contribution >= 4 is 5.97 Å². The summed E-state index contributed by atoms with van der Waals surface area (Å²) in [7, 11) is 0. The van der Waals surface area contributed by atoms with Crippen LogP contribution in [0.1, 0.15) is 42.6 Å². The smallest absolute Gasteiger partial charge is 0.335 e. The molecule has 0 saturated heterocycles. The van der Waals surface area contributed by atoms with Crippen LogP contribution < -0.4 is 0 Å². The number of aromatic carboxylic acids is 1. The number of rotatable bonds is 8. The van der Waals surface area contributed by atoms with Gasteiger partial charge in [0.2, 0.25) is 0 Å². The third kappa shape index (κ3) is 4.88. The van der Waals surface area contributed by atoms with E-state index in [1.165, 1.54) is 0 Å². The van der Waals surface area contributed by atoms with Gasteiger partial charge < -0.3 is 10.0 Å². The van der Waals surface area contributed by atoms with Gasteiger partial charge in [-0.25, -0.2) is 4.79 Å². The van der Waals surface area contributed by atoms with E-state index in [0.717, 1.165) is 44.5 Å². The Morgan fingerprint density at radius 2 is 1.83 bits per heavy atom. The highest BCUT2D eigenvalue weighted by molar-refractivity contribution is 5.87. The predicted molar refractivity (Wildman–Crippen MR) is 74.1 cm³/mol. The summed E-state index contributed by atoms with van der Waals surface area (Å²) in [6.45, 7) is 7.62. The Kier molecular flexibility index (Phi) is 6.44. The molecule has 0 aliphatic carbocycles. The van der Waals surface area contributed by atoms with E-state index in [-0.39, 0.29) is 0 Å². The SMILES string of the molecule is CCCN(CCC)CCc1cccc(C(=O)O)c1. The zero-order valence-electron chi connectivity index (χ0n) is 11.4. The summed E-state index contributed by atoms with van der Waals surface area (Å²) in [5.74, 6) is -0.851. The second kappa shape index (κ2) is 7.88. The highest BCUT2D eigenvalue weighted by Crippen LogP contribution is 2.07. The van der Waals surface area contributed by atoms with Gasteiger partial charge in [-0.05, 0) is 50.0 Å². The molecule has 0 fully saturated rings. The van der Waals surface area contributed by atoms with E-state index in [9.17, 15) is 4.79 Å². The Morgan fingerprint density at radius 3 is 2.39 bits per heavy atom. The first-order chi connectivity index (χ1) is 8.67. The summed E-state index contributed by atoms with van der Waals surface area (Å²) in [5, 5.41) is 8.94. The van der Waals surface area contributed by atoms with Crippen LogP contribution in [0.2, 0.25) is 0 Å². The Hall–Kier alpha value is -1.35. The molecule has 1 rings (SSSR count). The minimum absolute atomic E-state index is 0.380. The van der Waals surface area contributed by atoms with Gasteiger partial charge in [-0.15, -0.1) is 0 Å². The quantitative estimate of drug-likeness (QED) is 0.769. The van der Waals surface area contributed by atoms with Crippen LogP contribution >= 0.6 is 0 Å². The Balaban J connectivity index is 2.55. The monoisotopic (exact) mass is 249 g/mol. The Morgan fingerprint density at radius 1 is 1.17 bits per heavy atom. The zero-order valence-corrected chi connectivity index (χ0v) is 11.4. The largest absolute Gasteiger partial charge is 0.478 e. The van der Waals surface area contributed by atoms with Gasteiger partial charge in [0.25, 0.3) is 0 Å². The van der Waals surface area contributed by atoms with E-state index in [0.29, 0.717) is 5.56 Å². The molecular formula is C15H23NO2. The fourth-order valence-corrected chi connectivity index (χ4v) is 2.11. The molecule has 0 aromatic heterocycles. The topological polar surface area (TPSA) is 40.5 Å². The average Bonchev–Trinajstić information content (AvgIpc) is 2.37. The summed E-state index contributed by atoms with van der Waals surface area (Å²) in [6.07, 6.45) is 3.24. The predicted octanol–water partition coefficient (Wildman–Crippen LogP) is 3.05. The van der Waals surface area contributed by atoms with Crippen molar-refractivity contribution in [2.45, 2.75) is 33.1 Å². The third-order valence-electron chi connectivity index (χ3n) is 2.97. The van der Waals surface area contributed by atoms with Crippen LogP contribution in [-0.4, -0.2) is 35.6 Å². The minimum atomic E-state index is -0.851. The molecule has 0 unspecified atom stereocenters. The molecule has 3 nitrogen and oxygen atoms in total. The Bertz CT molecular complexity index is 371. The van der Waals surface area contributed by atoms with Crippen molar-refractivity contribution in [2.24, 2.45) is 0 Å². The van der Waals surface area contributed by atoms with Crippen LogP contribution in [0.3, 0.4) is 0 Å². The fourth-order valence-electron chi connectivity index (χ4n) is 2.11. The molecule has 3 heteroatoms. The highest BCUT2D eigenvalue weighted by Gasteiger charge is 2.05. The summed E-state index contributed by atoms with van der Waals surface area (Å²) in [5.41, 5.74) is 1.48. The number of hydrogen-bond acceptors (Lipinski definition) is 2. The summed E-state index contributed by atoms with van der Waals surface area (Å²) >= 11 is 0. The third-order valence-corrected chi connectivity index (χ3v) is 2.97. The van der Waals surface area contributed by atoms with Crippen molar-refractivity contribution in [1.82, 2.24) is 4.90 Å². The summed E-state index contributed by atoms with van der Waals surface area (Å²) < 4.78 is 0. The lowest BCUT2D eigenvalue weighted by Gasteiger charge is -2.20. The minimum Gasteiger partial charge on any atom is -0.478 e. The number of carboxylic acid groups (broad SMARTS) is 1. The molecule has 100 valence electrons.